The number of halogens is 1. The van der Waals surface area contributed by atoms with Gasteiger partial charge in [0, 0.05) is 36.5 Å². The molecule has 2 aliphatic rings. The molecule has 2 heterocycles. The summed E-state index contributed by atoms with van der Waals surface area (Å²) < 4.78 is 0. The number of piperidine rings is 1. The Bertz CT molecular complexity index is 520. The van der Waals surface area contributed by atoms with Crippen LogP contribution in [0.5, 0.6) is 0 Å². The molecule has 4 nitrogen and oxygen atoms in total. The molecule has 3 rings (SSSR count). The summed E-state index contributed by atoms with van der Waals surface area (Å²) in [6, 6.07) is 7.79. The maximum absolute atomic E-state index is 11.5. The molecule has 1 amide bonds. The smallest absolute Gasteiger partial charge is 0.220 e. The number of rotatable bonds is 4. The Kier molecular flexibility index (Phi) is 5.01. The molecule has 120 valence electrons. The number of aliphatic hydroxyl groups is 1. The Morgan fingerprint density at radius 2 is 2.09 bits per heavy atom. The molecule has 22 heavy (non-hydrogen) atoms. The fourth-order valence-corrected chi connectivity index (χ4v) is 3.82. The predicted molar refractivity (Wildman–Crippen MR) is 86.7 cm³/mol. The number of β-amino-alcohol motifs (C(OH)–C–C–N with tert-alkyl or cyclic N) is 1. The second-order valence-electron chi connectivity index (χ2n) is 6.39. The average molecular weight is 323 g/mol. The summed E-state index contributed by atoms with van der Waals surface area (Å²) in [5, 5.41) is 14.1. The summed E-state index contributed by atoms with van der Waals surface area (Å²) >= 11 is 5.90. The Hall–Kier alpha value is -1.10. The summed E-state index contributed by atoms with van der Waals surface area (Å²) in [7, 11) is 0. The van der Waals surface area contributed by atoms with Crippen LogP contribution in [0.2, 0.25) is 5.02 Å². The maximum atomic E-state index is 11.5. The molecule has 2 saturated heterocycles. The summed E-state index contributed by atoms with van der Waals surface area (Å²) in [6.07, 6.45) is 3.61. The molecular weight excluding hydrogens is 300 g/mol. The topological polar surface area (TPSA) is 52.6 Å². The number of nitrogens with one attached hydrogen (secondary N) is 1. The van der Waals surface area contributed by atoms with E-state index in [-0.39, 0.29) is 5.91 Å². The maximum Gasteiger partial charge on any atom is 0.220 e. The third kappa shape index (κ3) is 3.62. The summed E-state index contributed by atoms with van der Waals surface area (Å²) in [5.41, 5.74) is 0.898. The van der Waals surface area contributed by atoms with Crippen LogP contribution in [0, 0.1) is 5.92 Å². The number of carbonyl (C=O) groups is 1. The lowest BCUT2D eigenvalue weighted by Gasteiger charge is -2.39. The Morgan fingerprint density at radius 3 is 2.77 bits per heavy atom. The fourth-order valence-electron chi connectivity index (χ4n) is 3.69. The highest BCUT2D eigenvalue weighted by molar-refractivity contribution is 6.30. The highest BCUT2D eigenvalue weighted by atomic mass is 35.5. The monoisotopic (exact) mass is 322 g/mol. The van der Waals surface area contributed by atoms with Crippen molar-refractivity contribution in [1.82, 2.24) is 10.2 Å². The normalized spacial score (nSPS) is 27.6. The van der Waals surface area contributed by atoms with E-state index in [9.17, 15) is 9.90 Å². The largest absolute Gasteiger partial charge is 0.387 e. The lowest BCUT2D eigenvalue weighted by molar-refractivity contribution is -0.119. The van der Waals surface area contributed by atoms with Crippen molar-refractivity contribution in [2.24, 2.45) is 5.92 Å². The van der Waals surface area contributed by atoms with Gasteiger partial charge in [-0.15, -0.1) is 0 Å². The van der Waals surface area contributed by atoms with Crippen molar-refractivity contribution >= 4 is 17.5 Å². The van der Waals surface area contributed by atoms with Gasteiger partial charge in [0.1, 0.15) is 0 Å². The first-order valence-corrected chi connectivity index (χ1v) is 8.45. The van der Waals surface area contributed by atoms with E-state index in [0.29, 0.717) is 29.9 Å². The van der Waals surface area contributed by atoms with Crippen LogP contribution in [0.3, 0.4) is 0 Å². The fraction of sp³-hybridized carbons (Fsp3) is 0.588. The molecule has 0 aromatic heterocycles. The minimum atomic E-state index is -0.511. The second-order valence-corrected chi connectivity index (χ2v) is 6.83. The van der Waals surface area contributed by atoms with Crippen LogP contribution in [0.15, 0.2) is 24.3 Å². The molecule has 3 atom stereocenters. The van der Waals surface area contributed by atoms with Crippen LogP contribution in [0.1, 0.15) is 37.4 Å². The predicted octanol–water partition coefficient (Wildman–Crippen LogP) is 2.36. The van der Waals surface area contributed by atoms with Gasteiger partial charge in [-0.2, -0.15) is 0 Å². The van der Waals surface area contributed by atoms with Crippen molar-refractivity contribution in [1.29, 1.82) is 0 Å². The van der Waals surface area contributed by atoms with E-state index in [1.165, 1.54) is 6.42 Å². The number of benzene rings is 1. The van der Waals surface area contributed by atoms with Gasteiger partial charge in [-0.05, 0) is 37.1 Å². The van der Waals surface area contributed by atoms with E-state index in [1.54, 1.807) is 0 Å². The highest BCUT2D eigenvalue weighted by Crippen LogP contribution is 2.29. The van der Waals surface area contributed by atoms with Crippen LogP contribution in [0.4, 0.5) is 0 Å². The number of likely N-dealkylation sites (tertiary alicyclic amines) is 1. The van der Waals surface area contributed by atoms with Crippen LogP contribution in [-0.2, 0) is 4.79 Å². The minimum absolute atomic E-state index is 0.161. The summed E-state index contributed by atoms with van der Waals surface area (Å²) in [4.78, 5) is 13.9. The molecule has 2 aliphatic heterocycles. The molecule has 0 bridgehead atoms. The third-order valence-corrected chi connectivity index (χ3v) is 5.13. The zero-order valence-electron chi connectivity index (χ0n) is 12.7. The van der Waals surface area contributed by atoms with E-state index in [2.05, 4.69) is 10.2 Å². The van der Waals surface area contributed by atoms with Gasteiger partial charge in [0.2, 0.25) is 5.91 Å². The molecule has 5 heteroatoms. The quantitative estimate of drug-likeness (QED) is 0.895. The van der Waals surface area contributed by atoms with Crippen LogP contribution < -0.4 is 5.32 Å². The van der Waals surface area contributed by atoms with Crippen molar-refractivity contribution in [3.63, 3.8) is 0 Å². The second kappa shape index (κ2) is 6.99. The van der Waals surface area contributed by atoms with E-state index in [0.717, 1.165) is 31.5 Å². The zero-order valence-corrected chi connectivity index (χ0v) is 13.4. The number of carbonyl (C=O) groups excluding carboxylic acids is 1. The number of aliphatic hydroxyl groups excluding tert-OH is 1. The van der Waals surface area contributed by atoms with Gasteiger partial charge in [-0.3, -0.25) is 9.69 Å². The number of nitrogens with zero attached hydrogens (tertiary/aromatic N) is 1. The van der Waals surface area contributed by atoms with Gasteiger partial charge in [0.15, 0.2) is 0 Å². The van der Waals surface area contributed by atoms with Crippen molar-refractivity contribution in [2.75, 3.05) is 19.6 Å². The van der Waals surface area contributed by atoms with Crippen molar-refractivity contribution in [3.05, 3.63) is 34.9 Å². The number of amides is 1. The molecule has 0 saturated carbocycles. The van der Waals surface area contributed by atoms with Gasteiger partial charge in [0.05, 0.1) is 6.10 Å². The molecule has 3 unspecified atom stereocenters. The van der Waals surface area contributed by atoms with Crippen LogP contribution in [-0.4, -0.2) is 41.6 Å². The molecule has 2 fully saturated rings. The molecule has 0 spiro atoms. The average Bonchev–Trinajstić information content (AvgIpc) is 2.95. The lowest BCUT2D eigenvalue weighted by Crippen LogP contribution is -2.46. The van der Waals surface area contributed by atoms with E-state index in [4.69, 9.17) is 11.6 Å². The van der Waals surface area contributed by atoms with Gasteiger partial charge in [-0.25, -0.2) is 0 Å². The number of hydrogen-bond donors (Lipinski definition) is 2. The first-order chi connectivity index (χ1) is 10.6. The molecule has 1 aromatic carbocycles. The molecule has 0 aliphatic carbocycles. The Balaban J connectivity index is 1.65. The van der Waals surface area contributed by atoms with E-state index < -0.39 is 6.10 Å². The van der Waals surface area contributed by atoms with Crippen molar-refractivity contribution in [3.8, 4) is 0 Å². The molecule has 1 aromatic rings. The standard InChI is InChI=1S/C17H23ClN2O2/c18-14-6-4-12(5-7-14)16(21)11-20-8-2-1-3-15(20)13-9-17(22)19-10-13/h4-7,13,15-16,21H,1-3,8-11H2,(H,19,22). The first-order valence-electron chi connectivity index (χ1n) is 8.08. The first kappa shape index (κ1) is 15.8. The highest BCUT2D eigenvalue weighted by Gasteiger charge is 2.35. The third-order valence-electron chi connectivity index (χ3n) is 4.88. The summed E-state index contributed by atoms with van der Waals surface area (Å²) in [5.74, 6) is 0.541. The summed E-state index contributed by atoms with van der Waals surface area (Å²) in [6.45, 7) is 2.40. The molecular formula is C17H23ClN2O2. The minimum Gasteiger partial charge on any atom is -0.387 e. The van der Waals surface area contributed by atoms with Gasteiger partial charge < -0.3 is 10.4 Å². The van der Waals surface area contributed by atoms with Crippen LogP contribution >= 0.6 is 11.6 Å². The van der Waals surface area contributed by atoms with Crippen LogP contribution in [0.25, 0.3) is 0 Å². The van der Waals surface area contributed by atoms with E-state index in [1.807, 2.05) is 24.3 Å². The SMILES string of the molecule is O=C1CC(C2CCCCN2CC(O)c2ccc(Cl)cc2)CN1. The van der Waals surface area contributed by atoms with Gasteiger partial charge in [-0.1, -0.05) is 30.2 Å². The molecule has 0 radical (unpaired) electrons. The van der Waals surface area contributed by atoms with E-state index >= 15 is 0 Å². The Labute approximate surface area is 136 Å². The van der Waals surface area contributed by atoms with Gasteiger partial charge >= 0.3 is 0 Å². The zero-order chi connectivity index (χ0) is 15.5. The van der Waals surface area contributed by atoms with Crippen molar-refractivity contribution in [2.45, 2.75) is 37.8 Å². The lowest BCUT2D eigenvalue weighted by atomic mass is 9.89. The number of hydrogen-bond acceptors (Lipinski definition) is 3. The van der Waals surface area contributed by atoms with Crippen molar-refractivity contribution < 1.29 is 9.90 Å². The Morgan fingerprint density at radius 1 is 1.32 bits per heavy atom. The van der Waals surface area contributed by atoms with Gasteiger partial charge in [0.25, 0.3) is 0 Å². The molecule has 2 N–H and O–H groups in total.